The van der Waals surface area contributed by atoms with E-state index in [1.165, 1.54) is 6.42 Å². The molecule has 0 rings (SSSR count). The third-order valence-electron chi connectivity index (χ3n) is 12.5. The summed E-state index contributed by atoms with van der Waals surface area (Å²) < 4.78 is 16.8. The maximum atomic E-state index is 12.9. The van der Waals surface area contributed by atoms with Crippen molar-refractivity contribution in [2.45, 2.75) is 232 Å². The number of allylic oxidation sites excluding steroid dienone is 36. The van der Waals surface area contributed by atoms with Gasteiger partial charge in [0, 0.05) is 19.3 Å². The minimum Gasteiger partial charge on any atom is -0.462 e. The molecule has 0 aromatic carbocycles. The van der Waals surface area contributed by atoms with Crippen molar-refractivity contribution in [2.75, 3.05) is 13.2 Å². The molecule has 0 radical (unpaired) electrons. The first-order valence-corrected chi connectivity index (χ1v) is 32.2. The van der Waals surface area contributed by atoms with Crippen LogP contribution in [0.25, 0.3) is 0 Å². The molecule has 0 aromatic rings. The fraction of sp³-hybridized carbons (Fsp3) is 0.494. The Balaban J connectivity index is 4.55. The number of rotatable bonds is 55. The Morgan fingerprint density at radius 1 is 0.241 bits per heavy atom. The van der Waals surface area contributed by atoms with Crippen LogP contribution >= 0.6 is 0 Å². The number of hydrogen-bond acceptors (Lipinski definition) is 6. The lowest BCUT2D eigenvalue weighted by Crippen LogP contribution is -2.30. The molecule has 0 saturated heterocycles. The van der Waals surface area contributed by atoms with Crippen molar-refractivity contribution in [1.82, 2.24) is 0 Å². The number of carbonyl (C=O) groups is 3. The predicted octanol–water partition coefficient (Wildman–Crippen LogP) is 22.5. The van der Waals surface area contributed by atoms with E-state index in [0.29, 0.717) is 12.8 Å². The SMILES string of the molecule is CC/C=C\C/C=C\C/C=C\C/C=C\C/C=C\C/C=C\C/C=C\C/C=C\CCCCC(=O)OCC(COC(=O)CC/C=C\C/C=C\C/C=C\C/C=C\CC)OC(=O)CCCCCCCC/C=C\C/C=C\C/C=C\C/C=C\C/C=C\C/C=C\CC. The van der Waals surface area contributed by atoms with Crippen molar-refractivity contribution < 1.29 is 28.6 Å². The van der Waals surface area contributed by atoms with Gasteiger partial charge in [-0.05, 0) is 161 Å². The first kappa shape index (κ1) is 76.7. The van der Waals surface area contributed by atoms with Gasteiger partial charge in [-0.3, -0.25) is 14.4 Å². The van der Waals surface area contributed by atoms with E-state index < -0.39 is 6.10 Å². The van der Waals surface area contributed by atoms with Crippen LogP contribution < -0.4 is 0 Å². The predicted molar refractivity (Wildman–Crippen MR) is 361 cm³/mol. The molecule has 0 bridgehead atoms. The van der Waals surface area contributed by atoms with E-state index in [2.05, 4.69) is 227 Å². The lowest BCUT2D eigenvalue weighted by atomic mass is 10.1. The lowest BCUT2D eigenvalue weighted by Gasteiger charge is -2.18. The number of esters is 3. The van der Waals surface area contributed by atoms with E-state index in [9.17, 15) is 14.4 Å². The standard InChI is InChI=1S/C77H114O6/c1-4-7-10-13-16-19-22-25-27-29-31-33-35-37-38-40-41-43-45-47-49-52-55-58-61-64-67-70-76(79)82-73-74(72-81-75(78)69-66-63-60-57-54-51-24-21-18-15-12-9-6-3)83-77(80)71-68-65-62-59-56-53-50-48-46-44-42-39-36-34-32-30-28-26-23-20-17-14-11-8-5-2/h7-12,16-21,25-28,31-34,37-39,41-43,46-49,51,54-55,58,60,63,74H,4-6,13-15,22-24,29-30,35-36,40,44-45,50,52-53,56-57,59,61-62,64-73H2,1-3H3/b10-7-,11-8-,12-9-,19-16-,20-17-,21-18-,27-25-,28-26-,33-31-,34-32-,38-37-,42-39-,43-41-,48-46-,49-47-,54-51-,58-55-,63-60-. The van der Waals surface area contributed by atoms with Crippen molar-refractivity contribution in [3.63, 3.8) is 0 Å². The van der Waals surface area contributed by atoms with Gasteiger partial charge in [-0.15, -0.1) is 0 Å². The molecule has 0 fully saturated rings. The third-order valence-corrected chi connectivity index (χ3v) is 12.5. The molecule has 6 heteroatoms. The molecule has 1 atom stereocenters. The molecule has 0 aliphatic heterocycles. The van der Waals surface area contributed by atoms with Crippen LogP contribution in [0.4, 0.5) is 0 Å². The van der Waals surface area contributed by atoms with Gasteiger partial charge in [0.15, 0.2) is 6.10 Å². The maximum Gasteiger partial charge on any atom is 0.306 e. The molecule has 0 spiro atoms. The van der Waals surface area contributed by atoms with Crippen LogP contribution in [-0.2, 0) is 28.6 Å². The van der Waals surface area contributed by atoms with Crippen molar-refractivity contribution in [3.05, 3.63) is 219 Å². The molecular formula is C77H114O6. The molecule has 0 saturated carbocycles. The summed E-state index contributed by atoms with van der Waals surface area (Å²) in [5.74, 6) is -1.09. The minimum absolute atomic E-state index is 0.143. The first-order valence-electron chi connectivity index (χ1n) is 32.2. The summed E-state index contributed by atoms with van der Waals surface area (Å²) in [4.78, 5) is 38.3. The highest BCUT2D eigenvalue weighted by atomic mass is 16.6. The summed E-state index contributed by atoms with van der Waals surface area (Å²) in [7, 11) is 0. The maximum absolute atomic E-state index is 12.9. The second-order valence-corrected chi connectivity index (χ2v) is 20.2. The summed E-state index contributed by atoms with van der Waals surface area (Å²) in [5, 5.41) is 0. The first-order chi connectivity index (χ1) is 41.0. The number of unbranched alkanes of at least 4 members (excludes halogenated alkanes) is 8. The third kappa shape index (κ3) is 66.4. The van der Waals surface area contributed by atoms with Crippen LogP contribution in [-0.4, -0.2) is 37.2 Å². The van der Waals surface area contributed by atoms with E-state index >= 15 is 0 Å². The zero-order valence-electron chi connectivity index (χ0n) is 52.4. The number of hydrogen-bond donors (Lipinski definition) is 0. The molecule has 0 aromatic heterocycles. The van der Waals surface area contributed by atoms with Crippen molar-refractivity contribution >= 4 is 17.9 Å². The Kier molecular flexibility index (Phi) is 63.1. The van der Waals surface area contributed by atoms with Crippen LogP contribution in [0.5, 0.6) is 0 Å². The molecule has 0 heterocycles. The summed E-state index contributed by atoms with van der Waals surface area (Å²) in [6.45, 7) is 6.16. The van der Waals surface area contributed by atoms with E-state index in [1.54, 1.807) is 0 Å². The zero-order valence-corrected chi connectivity index (χ0v) is 52.4. The Morgan fingerprint density at radius 3 is 0.771 bits per heavy atom. The minimum atomic E-state index is -0.850. The fourth-order valence-electron chi connectivity index (χ4n) is 7.77. The molecule has 6 nitrogen and oxygen atoms in total. The molecule has 0 aliphatic carbocycles. The van der Waals surface area contributed by atoms with Crippen molar-refractivity contribution in [3.8, 4) is 0 Å². The normalized spacial score (nSPS) is 13.6. The number of ether oxygens (including phenoxy) is 3. The average molecular weight is 1140 g/mol. The highest BCUT2D eigenvalue weighted by molar-refractivity contribution is 5.71. The Hall–Kier alpha value is -6.27. The van der Waals surface area contributed by atoms with Crippen molar-refractivity contribution in [1.29, 1.82) is 0 Å². The molecule has 1 unspecified atom stereocenters. The fourth-order valence-corrected chi connectivity index (χ4v) is 7.77. The van der Waals surface area contributed by atoms with E-state index in [-0.39, 0.29) is 50.4 Å². The molecule has 0 amide bonds. The largest absolute Gasteiger partial charge is 0.462 e. The quantitative estimate of drug-likeness (QED) is 0.0261. The van der Waals surface area contributed by atoms with Gasteiger partial charge in [0.2, 0.25) is 0 Å². The average Bonchev–Trinajstić information content (AvgIpc) is 3.49. The topological polar surface area (TPSA) is 78.9 Å². The van der Waals surface area contributed by atoms with Crippen LogP contribution in [0.1, 0.15) is 226 Å². The van der Waals surface area contributed by atoms with Crippen LogP contribution in [0, 0.1) is 0 Å². The van der Waals surface area contributed by atoms with Crippen LogP contribution in [0.3, 0.4) is 0 Å². The van der Waals surface area contributed by atoms with Gasteiger partial charge in [-0.2, -0.15) is 0 Å². The summed E-state index contributed by atoms with van der Waals surface area (Å²) >= 11 is 0. The molecular weight excluding hydrogens is 1020 g/mol. The van der Waals surface area contributed by atoms with E-state index in [0.717, 1.165) is 167 Å². The van der Waals surface area contributed by atoms with Gasteiger partial charge < -0.3 is 14.2 Å². The smallest absolute Gasteiger partial charge is 0.306 e. The summed E-state index contributed by atoms with van der Waals surface area (Å²) in [6.07, 6.45) is 107. The van der Waals surface area contributed by atoms with Gasteiger partial charge in [-0.1, -0.05) is 265 Å². The molecule has 0 aliphatic rings. The summed E-state index contributed by atoms with van der Waals surface area (Å²) in [5.41, 5.74) is 0. The van der Waals surface area contributed by atoms with Gasteiger partial charge in [0.1, 0.15) is 13.2 Å². The van der Waals surface area contributed by atoms with Gasteiger partial charge in [0.05, 0.1) is 0 Å². The Morgan fingerprint density at radius 2 is 0.458 bits per heavy atom. The van der Waals surface area contributed by atoms with Gasteiger partial charge >= 0.3 is 17.9 Å². The van der Waals surface area contributed by atoms with E-state index in [1.807, 2.05) is 12.2 Å². The molecule has 83 heavy (non-hydrogen) atoms. The van der Waals surface area contributed by atoms with Gasteiger partial charge in [-0.25, -0.2) is 0 Å². The second-order valence-electron chi connectivity index (χ2n) is 20.2. The zero-order chi connectivity index (χ0) is 59.9. The van der Waals surface area contributed by atoms with Gasteiger partial charge in [0.25, 0.3) is 0 Å². The Bertz CT molecular complexity index is 2080. The van der Waals surface area contributed by atoms with Crippen LogP contribution in [0.15, 0.2) is 219 Å². The second kappa shape index (κ2) is 68.2. The highest BCUT2D eigenvalue weighted by Crippen LogP contribution is 2.12. The highest BCUT2D eigenvalue weighted by Gasteiger charge is 2.19. The summed E-state index contributed by atoms with van der Waals surface area (Å²) in [6, 6.07) is 0. The monoisotopic (exact) mass is 1130 g/mol. The molecule has 0 N–H and O–H groups in total. The lowest BCUT2D eigenvalue weighted by molar-refractivity contribution is -0.166. The Labute approximate surface area is 508 Å². The van der Waals surface area contributed by atoms with E-state index in [4.69, 9.17) is 14.2 Å². The van der Waals surface area contributed by atoms with Crippen molar-refractivity contribution in [2.24, 2.45) is 0 Å². The molecule has 458 valence electrons. The number of carbonyl (C=O) groups excluding carboxylic acids is 3. The van der Waals surface area contributed by atoms with Crippen LogP contribution in [0.2, 0.25) is 0 Å².